The van der Waals surface area contributed by atoms with Gasteiger partial charge in [-0.1, -0.05) is 11.6 Å². The van der Waals surface area contributed by atoms with E-state index >= 15 is 0 Å². The molecule has 1 heterocycles. The van der Waals surface area contributed by atoms with E-state index in [0.29, 0.717) is 38.8 Å². The number of ether oxygens (including phenoxy) is 2. The predicted molar refractivity (Wildman–Crippen MR) is 103 cm³/mol. The van der Waals surface area contributed by atoms with Crippen LogP contribution in [-0.2, 0) is 14.3 Å². The van der Waals surface area contributed by atoms with Gasteiger partial charge < -0.3 is 19.7 Å². The fourth-order valence-electron chi connectivity index (χ4n) is 3.35. The monoisotopic (exact) mass is 423 g/mol. The van der Waals surface area contributed by atoms with Gasteiger partial charge in [0.05, 0.1) is 23.1 Å². The van der Waals surface area contributed by atoms with Crippen LogP contribution in [0.3, 0.4) is 0 Å². The summed E-state index contributed by atoms with van der Waals surface area (Å²) in [5.41, 5.74) is 0. The predicted octanol–water partition coefficient (Wildman–Crippen LogP) is 2.28. The topological polar surface area (TPSA) is 91.7 Å². The SMILES string of the molecule is N#CC1CC(OCC(=O)N2CCC(NC(=O)COc3ccc(Cl)c(F)c3)CC2)C1. The van der Waals surface area contributed by atoms with Gasteiger partial charge in [-0.05, 0) is 37.8 Å². The molecule has 1 N–H and O–H groups in total. The minimum Gasteiger partial charge on any atom is -0.484 e. The van der Waals surface area contributed by atoms with E-state index in [-0.39, 0.29) is 53.9 Å². The van der Waals surface area contributed by atoms with Crippen LogP contribution in [0.1, 0.15) is 25.7 Å². The molecule has 0 spiro atoms. The van der Waals surface area contributed by atoms with E-state index in [2.05, 4.69) is 11.4 Å². The first-order chi connectivity index (χ1) is 13.9. The molecule has 1 saturated heterocycles. The third-order valence-electron chi connectivity index (χ3n) is 5.19. The van der Waals surface area contributed by atoms with Crippen LogP contribution < -0.4 is 10.1 Å². The molecule has 2 fully saturated rings. The van der Waals surface area contributed by atoms with Gasteiger partial charge in [0.25, 0.3) is 5.91 Å². The van der Waals surface area contributed by atoms with E-state index in [1.54, 1.807) is 4.90 Å². The summed E-state index contributed by atoms with van der Waals surface area (Å²) in [6.07, 6.45) is 2.69. The van der Waals surface area contributed by atoms with E-state index in [4.69, 9.17) is 26.3 Å². The fraction of sp³-hybridized carbons (Fsp3) is 0.550. The highest BCUT2D eigenvalue weighted by Gasteiger charge is 2.31. The third kappa shape index (κ3) is 6.05. The van der Waals surface area contributed by atoms with Crippen LogP contribution in [0, 0.1) is 23.1 Å². The van der Waals surface area contributed by atoms with Crippen LogP contribution >= 0.6 is 11.6 Å². The number of halogens is 2. The van der Waals surface area contributed by atoms with Gasteiger partial charge in [-0.25, -0.2) is 4.39 Å². The number of nitrogens with one attached hydrogen (secondary N) is 1. The van der Waals surface area contributed by atoms with Gasteiger partial charge in [0.1, 0.15) is 18.2 Å². The molecule has 2 aliphatic rings. The normalized spacial score (nSPS) is 21.8. The van der Waals surface area contributed by atoms with E-state index in [1.165, 1.54) is 12.1 Å². The number of piperidine rings is 1. The molecule has 1 aromatic rings. The standard InChI is InChI=1S/C20H23ClFN3O4/c21-17-2-1-15(9-18(17)22)28-11-19(26)24-14-3-5-25(6-4-14)20(27)12-29-16-7-13(8-16)10-23/h1-2,9,13-14,16H,3-8,11-12H2,(H,24,26). The first-order valence-corrected chi connectivity index (χ1v) is 9.98. The zero-order chi connectivity index (χ0) is 20.8. The molecular formula is C20H23ClFN3O4. The van der Waals surface area contributed by atoms with Crippen LogP contribution in [0.4, 0.5) is 4.39 Å². The number of nitrogens with zero attached hydrogens (tertiary/aromatic N) is 2. The molecule has 1 aromatic carbocycles. The quantitative estimate of drug-likeness (QED) is 0.726. The molecule has 156 valence electrons. The molecule has 1 aliphatic heterocycles. The minimum atomic E-state index is -0.604. The lowest BCUT2D eigenvalue weighted by atomic mass is 9.83. The summed E-state index contributed by atoms with van der Waals surface area (Å²) in [6, 6.07) is 6.14. The van der Waals surface area contributed by atoms with Gasteiger partial charge in [0, 0.05) is 25.2 Å². The molecule has 2 amide bonds. The van der Waals surface area contributed by atoms with Crippen molar-refractivity contribution in [3.63, 3.8) is 0 Å². The van der Waals surface area contributed by atoms with E-state index < -0.39 is 5.82 Å². The molecule has 3 rings (SSSR count). The number of hydrogen-bond acceptors (Lipinski definition) is 5. The lowest BCUT2D eigenvalue weighted by Gasteiger charge is -2.34. The second kappa shape index (κ2) is 9.90. The maximum Gasteiger partial charge on any atom is 0.258 e. The first kappa shape index (κ1) is 21.3. The average molecular weight is 424 g/mol. The minimum absolute atomic E-state index is 0.00689. The van der Waals surface area contributed by atoms with Crippen molar-refractivity contribution in [2.75, 3.05) is 26.3 Å². The van der Waals surface area contributed by atoms with E-state index in [0.717, 1.165) is 6.07 Å². The Bertz CT molecular complexity index is 786. The summed E-state index contributed by atoms with van der Waals surface area (Å²) in [7, 11) is 0. The first-order valence-electron chi connectivity index (χ1n) is 9.61. The van der Waals surface area contributed by atoms with Gasteiger partial charge in [-0.3, -0.25) is 9.59 Å². The van der Waals surface area contributed by atoms with Crippen LogP contribution in [0.15, 0.2) is 18.2 Å². The fourth-order valence-corrected chi connectivity index (χ4v) is 3.46. The van der Waals surface area contributed by atoms with Crippen molar-refractivity contribution in [3.05, 3.63) is 29.0 Å². The van der Waals surface area contributed by atoms with Crippen molar-refractivity contribution in [1.29, 1.82) is 5.26 Å². The summed E-state index contributed by atoms with van der Waals surface area (Å²) < 4.78 is 24.2. The summed E-state index contributed by atoms with van der Waals surface area (Å²) in [5, 5.41) is 11.6. The van der Waals surface area contributed by atoms with Crippen LogP contribution in [0.25, 0.3) is 0 Å². The van der Waals surface area contributed by atoms with Gasteiger partial charge in [0.2, 0.25) is 5.91 Å². The van der Waals surface area contributed by atoms with Crippen LogP contribution in [0.5, 0.6) is 5.75 Å². The Balaban J connectivity index is 1.31. The largest absolute Gasteiger partial charge is 0.484 e. The Kier molecular flexibility index (Phi) is 7.29. The number of rotatable bonds is 7. The molecule has 9 heteroatoms. The molecule has 0 aromatic heterocycles. The second-order valence-electron chi connectivity index (χ2n) is 7.32. The average Bonchev–Trinajstić information content (AvgIpc) is 2.68. The highest BCUT2D eigenvalue weighted by molar-refractivity contribution is 6.30. The lowest BCUT2D eigenvalue weighted by Crippen LogP contribution is -2.48. The lowest BCUT2D eigenvalue weighted by molar-refractivity contribution is -0.142. The molecule has 0 radical (unpaired) electrons. The van der Waals surface area contributed by atoms with Crippen molar-refractivity contribution in [3.8, 4) is 11.8 Å². The van der Waals surface area contributed by atoms with Crippen molar-refractivity contribution >= 4 is 23.4 Å². The number of nitriles is 1. The molecular weight excluding hydrogens is 401 g/mol. The summed E-state index contributed by atoms with van der Waals surface area (Å²) in [5.74, 6) is -0.686. The maximum absolute atomic E-state index is 13.4. The van der Waals surface area contributed by atoms with Gasteiger partial charge in [-0.2, -0.15) is 5.26 Å². The zero-order valence-electron chi connectivity index (χ0n) is 15.9. The highest BCUT2D eigenvalue weighted by Crippen LogP contribution is 2.29. The third-order valence-corrected chi connectivity index (χ3v) is 5.50. The van der Waals surface area contributed by atoms with Crippen molar-refractivity contribution in [2.45, 2.75) is 37.8 Å². The Morgan fingerprint density at radius 2 is 2.00 bits per heavy atom. The molecule has 1 aliphatic carbocycles. The molecule has 29 heavy (non-hydrogen) atoms. The molecule has 0 bridgehead atoms. The molecule has 0 unspecified atom stereocenters. The number of carbonyl (C=O) groups excluding carboxylic acids is 2. The van der Waals surface area contributed by atoms with Crippen molar-refractivity contribution < 1.29 is 23.5 Å². The Morgan fingerprint density at radius 3 is 2.66 bits per heavy atom. The van der Waals surface area contributed by atoms with Crippen LogP contribution in [0.2, 0.25) is 5.02 Å². The van der Waals surface area contributed by atoms with E-state index in [1.807, 2.05) is 0 Å². The number of likely N-dealkylation sites (tertiary alicyclic amines) is 1. The molecule has 7 nitrogen and oxygen atoms in total. The van der Waals surface area contributed by atoms with Gasteiger partial charge in [0.15, 0.2) is 6.61 Å². The summed E-state index contributed by atoms with van der Waals surface area (Å²) >= 11 is 5.61. The van der Waals surface area contributed by atoms with Crippen molar-refractivity contribution in [1.82, 2.24) is 10.2 Å². The van der Waals surface area contributed by atoms with Gasteiger partial charge >= 0.3 is 0 Å². The summed E-state index contributed by atoms with van der Waals surface area (Å²) in [4.78, 5) is 26.0. The van der Waals surface area contributed by atoms with Crippen molar-refractivity contribution in [2.24, 2.45) is 5.92 Å². The van der Waals surface area contributed by atoms with E-state index in [9.17, 15) is 14.0 Å². The smallest absolute Gasteiger partial charge is 0.258 e. The Hall–Kier alpha value is -2.37. The molecule has 1 saturated carbocycles. The maximum atomic E-state index is 13.4. The van der Waals surface area contributed by atoms with Crippen LogP contribution in [-0.4, -0.2) is 55.2 Å². The highest BCUT2D eigenvalue weighted by atomic mass is 35.5. The number of hydrogen-bond donors (Lipinski definition) is 1. The Morgan fingerprint density at radius 1 is 1.28 bits per heavy atom. The number of amides is 2. The van der Waals surface area contributed by atoms with Gasteiger partial charge in [-0.15, -0.1) is 0 Å². The zero-order valence-corrected chi connectivity index (χ0v) is 16.7. The number of benzene rings is 1. The number of carbonyl (C=O) groups is 2. The second-order valence-corrected chi connectivity index (χ2v) is 7.72. The summed E-state index contributed by atoms with van der Waals surface area (Å²) in [6.45, 7) is 0.897. The molecule has 0 atom stereocenters. The Labute approximate surface area is 173 Å².